The summed E-state index contributed by atoms with van der Waals surface area (Å²) in [7, 11) is 2.75. The molecular weight excluding hydrogens is 408 g/mol. The Morgan fingerprint density at radius 3 is 2.61 bits per heavy atom. The van der Waals surface area contributed by atoms with Crippen LogP contribution in [0.15, 0.2) is 46.1 Å². The van der Waals surface area contributed by atoms with Crippen LogP contribution in [0.25, 0.3) is 0 Å². The van der Waals surface area contributed by atoms with E-state index in [0.717, 1.165) is 4.57 Å². The van der Waals surface area contributed by atoms with Gasteiger partial charge in [0.25, 0.3) is 5.56 Å². The number of aromatic nitrogens is 2. The van der Waals surface area contributed by atoms with Crippen molar-refractivity contribution in [1.29, 1.82) is 0 Å². The molecule has 4 atom stereocenters. The fourth-order valence-corrected chi connectivity index (χ4v) is 3.05. The average molecular weight is 430 g/mol. The highest BCUT2D eigenvalue weighted by atomic mass is 16.7. The molecule has 0 amide bonds. The van der Waals surface area contributed by atoms with Crippen molar-refractivity contribution in [3.63, 3.8) is 0 Å². The zero-order chi connectivity index (χ0) is 22.4. The molecule has 0 spiro atoms. The molecular formula is C21H22N2O8. The third kappa shape index (κ3) is 5.28. The molecule has 1 fully saturated rings. The van der Waals surface area contributed by atoms with Gasteiger partial charge in [0.1, 0.15) is 23.5 Å². The summed E-state index contributed by atoms with van der Waals surface area (Å²) >= 11 is 0. The van der Waals surface area contributed by atoms with E-state index >= 15 is 0 Å². The molecule has 3 rings (SSSR count). The first-order valence-corrected chi connectivity index (χ1v) is 9.43. The normalized spacial score (nSPS) is 22.5. The molecule has 10 nitrogen and oxygen atoms in total. The maximum Gasteiger partial charge on any atom is 0.330 e. The van der Waals surface area contributed by atoms with Crippen molar-refractivity contribution in [3.8, 4) is 17.6 Å². The molecule has 1 aromatic carbocycles. The Kier molecular flexibility index (Phi) is 7.38. The molecule has 10 heteroatoms. The lowest BCUT2D eigenvalue weighted by atomic mass is 10.2. The molecule has 2 aromatic rings. The van der Waals surface area contributed by atoms with Crippen LogP contribution in [0.2, 0.25) is 0 Å². The van der Waals surface area contributed by atoms with Crippen LogP contribution in [0.1, 0.15) is 24.6 Å². The predicted molar refractivity (Wildman–Crippen MR) is 107 cm³/mol. The van der Waals surface area contributed by atoms with Gasteiger partial charge in [0.2, 0.25) is 0 Å². The smallest absolute Gasteiger partial charge is 0.330 e. The standard InChI is InChI=1S/C21H22N2O8/c1-28-17-16(25)19(31-20(17)29-2)23-12-13(18(26)22-21(23)27)8-6-7-11-15(24)30-14-9-4-3-5-10-14/h3-5,9-10,12,16-17,19-20,25H,7,11H2,1-2H3,(H,22,26,27)/t16-,17?,19+,20-/m0/s1. The molecule has 0 bridgehead atoms. The van der Waals surface area contributed by atoms with E-state index in [1.807, 2.05) is 0 Å². The number of benzene rings is 1. The Hall–Kier alpha value is -3.23. The highest BCUT2D eigenvalue weighted by molar-refractivity contribution is 5.72. The largest absolute Gasteiger partial charge is 0.427 e. The molecule has 0 aliphatic carbocycles. The summed E-state index contributed by atoms with van der Waals surface area (Å²) in [6.45, 7) is 0. The first kappa shape index (κ1) is 22.5. The summed E-state index contributed by atoms with van der Waals surface area (Å²) in [4.78, 5) is 38.3. The topological polar surface area (TPSA) is 129 Å². The Bertz CT molecular complexity index is 1080. The van der Waals surface area contributed by atoms with E-state index in [4.69, 9.17) is 18.9 Å². The predicted octanol–water partition coefficient (Wildman–Crippen LogP) is 0.151. The van der Waals surface area contributed by atoms with E-state index in [2.05, 4.69) is 16.8 Å². The summed E-state index contributed by atoms with van der Waals surface area (Å²) in [6, 6.07) is 8.62. The van der Waals surface area contributed by atoms with E-state index in [-0.39, 0.29) is 18.4 Å². The van der Waals surface area contributed by atoms with Crippen LogP contribution in [0.4, 0.5) is 0 Å². The Morgan fingerprint density at radius 2 is 1.97 bits per heavy atom. The SMILES string of the molecule is COC1[C@@H](OC)O[C@@H](n2cc(C#CCCC(=O)Oc3ccccc3)c(=O)[nH]c2=O)[C@H]1O. The van der Waals surface area contributed by atoms with Gasteiger partial charge >= 0.3 is 11.7 Å². The molecule has 1 aromatic heterocycles. The number of carbonyl (C=O) groups is 1. The van der Waals surface area contributed by atoms with Gasteiger partial charge in [-0.3, -0.25) is 19.1 Å². The molecule has 1 unspecified atom stereocenters. The van der Waals surface area contributed by atoms with Crippen LogP contribution >= 0.6 is 0 Å². The van der Waals surface area contributed by atoms with Crippen molar-refractivity contribution in [3.05, 3.63) is 62.9 Å². The van der Waals surface area contributed by atoms with Gasteiger partial charge < -0.3 is 24.1 Å². The van der Waals surface area contributed by atoms with Crippen molar-refractivity contribution in [2.24, 2.45) is 0 Å². The van der Waals surface area contributed by atoms with E-state index < -0.39 is 41.9 Å². The minimum absolute atomic E-state index is 0.0227. The van der Waals surface area contributed by atoms with Gasteiger partial charge in [0.05, 0.1) is 6.42 Å². The number of nitrogens with one attached hydrogen (secondary N) is 1. The van der Waals surface area contributed by atoms with E-state index in [1.165, 1.54) is 20.4 Å². The number of ether oxygens (including phenoxy) is 4. The summed E-state index contributed by atoms with van der Waals surface area (Å²) in [6.07, 6.45) is -2.71. The molecule has 2 heterocycles. The second-order valence-electron chi connectivity index (χ2n) is 6.62. The Balaban J connectivity index is 1.70. The van der Waals surface area contributed by atoms with Crippen molar-refractivity contribution in [2.45, 2.75) is 37.6 Å². The molecule has 1 saturated heterocycles. The molecule has 1 aliphatic rings. The van der Waals surface area contributed by atoms with Crippen LogP contribution in [0.3, 0.4) is 0 Å². The van der Waals surface area contributed by atoms with Crippen LogP contribution in [0, 0.1) is 11.8 Å². The van der Waals surface area contributed by atoms with Crippen LogP contribution in [-0.2, 0) is 19.0 Å². The third-order valence-electron chi connectivity index (χ3n) is 4.57. The number of nitrogens with zero attached hydrogens (tertiary/aromatic N) is 1. The molecule has 164 valence electrons. The minimum Gasteiger partial charge on any atom is -0.427 e. The summed E-state index contributed by atoms with van der Waals surface area (Å²) < 4.78 is 22.0. The lowest BCUT2D eigenvalue weighted by Crippen LogP contribution is -2.39. The first-order valence-electron chi connectivity index (χ1n) is 9.43. The number of H-pyrrole nitrogens is 1. The van der Waals surface area contributed by atoms with Crippen molar-refractivity contribution >= 4 is 5.97 Å². The number of esters is 1. The second kappa shape index (κ2) is 10.2. The number of aliphatic hydroxyl groups is 1. The highest BCUT2D eigenvalue weighted by Gasteiger charge is 2.45. The maximum atomic E-state index is 12.2. The lowest BCUT2D eigenvalue weighted by Gasteiger charge is -2.18. The molecule has 0 radical (unpaired) electrons. The number of rotatable bonds is 6. The quantitative estimate of drug-likeness (QED) is 0.377. The van der Waals surface area contributed by atoms with Crippen molar-refractivity contribution in [1.82, 2.24) is 9.55 Å². The van der Waals surface area contributed by atoms with Crippen molar-refractivity contribution in [2.75, 3.05) is 14.2 Å². The zero-order valence-corrected chi connectivity index (χ0v) is 16.9. The number of para-hydroxylation sites is 1. The van der Waals surface area contributed by atoms with E-state index in [1.54, 1.807) is 30.3 Å². The maximum absolute atomic E-state index is 12.2. The number of aromatic amines is 1. The third-order valence-corrected chi connectivity index (χ3v) is 4.57. The number of carbonyl (C=O) groups excluding carboxylic acids is 1. The van der Waals surface area contributed by atoms with Gasteiger partial charge in [-0.1, -0.05) is 30.0 Å². The van der Waals surface area contributed by atoms with Gasteiger partial charge in [0.15, 0.2) is 12.5 Å². The van der Waals surface area contributed by atoms with Gasteiger partial charge in [0, 0.05) is 26.8 Å². The Morgan fingerprint density at radius 1 is 1.23 bits per heavy atom. The average Bonchev–Trinajstić information content (AvgIpc) is 3.08. The second-order valence-corrected chi connectivity index (χ2v) is 6.62. The van der Waals surface area contributed by atoms with Gasteiger partial charge in [-0.15, -0.1) is 0 Å². The number of aliphatic hydroxyl groups excluding tert-OH is 1. The number of hydrogen-bond donors (Lipinski definition) is 2. The minimum atomic E-state index is -1.22. The summed E-state index contributed by atoms with van der Waals surface area (Å²) in [5.74, 6) is 5.31. The van der Waals surface area contributed by atoms with Crippen molar-refractivity contribution < 1.29 is 28.8 Å². The fraction of sp³-hybridized carbons (Fsp3) is 0.381. The number of hydrogen-bond acceptors (Lipinski definition) is 8. The highest BCUT2D eigenvalue weighted by Crippen LogP contribution is 2.30. The monoisotopic (exact) mass is 430 g/mol. The molecule has 0 saturated carbocycles. The van der Waals surface area contributed by atoms with Crippen LogP contribution in [-0.4, -0.2) is 53.3 Å². The fourth-order valence-electron chi connectivity index (χ4n) is 3.05. The summed E-state index contributed by atoms with van der Waals surface area (Å²) in [5.41, 5.74) is -1.50. The van der Waals surface area contributed by atoms with Gasteiger partial charge in [-0.25, -0.2) is 4.79 Å². The Labute approximate surface area is 177 Å². The van der Waals surface area contributed by atoms with Crippen LogP contribution < -0.4 is 16.0 Å². The van der Waals surface area contributed by atoms with Gasteiger partial charge in [-0.2, -0.15) is 0 Å². The molecule has 1 aliphatic heterocycles. The zero-order valence-electron chi connectivity index (χ0n) is 16.9. The van der Waals surface area contributed by atoms with E-state index in [9.17, 15) is 19.5 Å². The van der Waals surface area contributed by atoms with E-state index in [0.29, 0.717) is 5.75 Å². The molecule has 31 heavy (non-hydrogen) atoms. The first-order chi connectivity index (χ1) is 14.9. The summed E-state index contributed by atoms with van der Waals surface area (Å²) in [5, 5.41) is 10.4. The number of methoxy groups -OCH3 is 2. The van der Waals surface area contributed by atoms with Gasteiger partial charge in [-0.05, 0) is 12.1 Å². The lowest BCUT2D eigenvalue weighted by molar-refractivity contribution is -0.166. The van der Waals surface area contributed by atoms with Crippen LogP contribution in [0.5, 0.6) is 5.75 Å². The molecule has 2 N–H and O–H groups in total.